The van der Waals surface area contributed by atoms with E-state index in [-0.39, 0.29) is 5.56 Å². The maximum atomic E-state index is 10.9. The van der Waals surface area contributed by atoms with E-state index < -0.39 is 5.97 Å². The molecule has 0 aliphatic carbocycles. The van der Waals surface area contributed by atoms with Crippen molar-refractivity contribution < 1.29 is 14.6 Å². The molecular formula is C19H13BrNO3-. The molecule has 0 saturated heterocycles. The van der Waals surface area contributed by atoms with Crippen molar-refractivity contribution in [3.63, 3.8) is 0 Å². The van der Waals surface area contributed by atoms with Gasteiger partial charge in [-0.15, -0.1) is 0 Å². The van der Waals surface area contributed by atoms with Crippen LogP contribution in [0.1, 0.15) is 15.9 Å². The van der Waals surface area contributed by atoms with Crippen LogP contribution < -0.4 is 14.7 Å². The summed E-state index contributed by atoms with van der Waals surface area (Å²) in [6.07, 6.45) is 0. The SMILES string of the molecule is O=C([O-])c1ccc(N2COc3ccc4cc(Br)ccc4c3C2)cc1. The van der Waals surface area contributed by atoms with Gasteiger partial charge in [-0.05, 0) is 46.7 Å². The van der Waals surface area contributed by atoms with E-state index in [9.17, 15) is 9.90 Å². The third-order valence-corrected chi connectivity index (χ3v) is 4.74. The van der Waals surface area contributed by atoms with Crippen molar-refractivity contribution in [3.05, 3.63) is 70.2 Å². The fourth-order valence-corrected chi connectivity index (χ4v) is 3.38. The molecule has 0 fully saturated rings. The Morgan fingerprint density at radius 2 is 1.88 bits per heavy atom. The highest BCUT2D eigenvalue weighted by molar-refractivity contribution is 9.10. The number of carboxylic acid groups (broad SMARTS) is 1. The quantitative estimate of drug-likeness (QED) is 0.682. The van der Waals surface area contributed by atoms with E-state index in [0.717, 1.165) is 32.2 Å². The number of nitrogens with zero attached hydrogens (tertiary/aromatic N) is 1. The van der Waals surface area contributed by atoms with Crippen LogP contribution in [0.2, 0.25) is 0 Å². The first-order valence-electron chi connectivity index (χ1n) is 7.52. The third-order valence-electron chi connectivity index (χ3n) is 4.24. The Hall–Kier alpha value is -2.53. The molecule has 3 aromatic carbocycles. The molecule has 120 valence electrons. The number of hydrogen-bond acceptors (Lipinski definition) is 4. The van der Waals surface area contributed by atoms with E-state index in [4.69, 9.17) is 4.74 Å². The second-order valence-corrected chi connectivity index (χ2v) is 6.63. The number of carbonyl (C=O) groups is 1. The predicted octanol–water partition coefficient (Wildman–Crippen LogP) is 3.32. The van der Waals surface area contributed by atoms with Crippen LogP contribution in [0.3, 0.4) is 0 Å². The second-order valence-electron chi connectivity index (χ2n) is 5.71. The number of fused-ring (bicyclic) bond motifs is 3. The Kier molecular flexibility index (Phi) is 3.65. The van der Waals surface area contributed by atoms with Gasteiger partial charge < -0.3 is 19.5 Å². The molecule has 0 atom stereocenters. The lowest BCUT2D eigenvalue weighted by molar-refractivity contribution is -0.255. The molecule has 0 amide bonds. The zero-order valence-electron chi connectivity index (χ0n) is 12.7. The highest BCUT2D eigenvalue weighted by Gasteiger charge is 2.20. The Morgan fingerprint density at radius 1 is 1.08 bits per heavy atom. The summed E-state index contributed by atoms with van der Waals surface area (Å²) in [5.74, 6) is -0.272. The summed E-state index contributed by atoms with van der Waals surface area (Å²) in [5.41, 5.74) is 2.22. The summed E-state index contributed by atoms with van der Waals surface area (Å²) in [6, 6.07) is 16.9. The van der Waals surface area contributed by atoms with Gasteiger partial charge in [-0.3, -0.25) is 0 Å². The van der Waals surface area contributed by atoms with E-state index in [2.05, 4.69) is 39.0 Å². The van der Waals surface area contributed by atoms with Gasteiger partial charge in [0.25, 0.3) is 0 Å². The van der Waals surface area contributed by atoms with Crippen molar-refractivity contribution in [2.45, 2.75) is 6.54 Å². The maximum Gasteiger partial charge on any atom is 0.161 e. The van der Waals surface area contributed by atoms with Gasteiger partial charge in [-0.25, -0.2) is 0 Å². The van der Waals surface area contributed by atoms with Gasteiger partial charge in [0.2, 0.25) is 0 Å². The monoisotopic (exact) mass is 382 g/mol. The molecule has 0 spiro atoms. The van der Waals surface area contributed by atoms with Crippen LogP contribution in [-0.4, -0.2) is 12.7 Å². The van der Waals surface area contributed by atoms with Gasteiger partial charge in [-0.2, -0.15) is 0 Å². The molecule has 5 heteroatoms. The van der Waals surface area contributed by atoms with Crippen molar-refractivity contribution in [2.24, 2.45) is 0 Å². The molecule has 0 unspecified atom stereocenters. The van der Waals surface area contributed by atoms with Crippen molar-refractivity contribution in [1.82, 2.24) is 0 Å². The van der Waals surface area contributed by atoms with Crippen LogP contribution in [0.15, 0.2) is 59.1 Å². The van der Waals surface area contributed by atoms with E-state index in [0.29, 0.717) is 13.3 Å². The van der Waals surface area contributed by atoms with Crippen LogP contribution in [0.25, 0.3) is 10.8 Å². The Labute approximate surface area is 147 Å². The van der Waals surface area contributed by atoms with Crippen molar-refractivity contribution in [1.29, 1.82) is 0 Å². The maximum absolute atomic E-state index is 10.9. The van der Waals surface area contributed by atoms with Crippen LogP contribution in [0, 0.1) is 0 Å². The van der Waals surface area contributed by atoms with Crippen molar-refractivity contribution >= 4 is 38.4 Å². The van der Waals surface area contributed by atoms with E-state index in [1.807, 2.05) is 12.1 Å². The zero-order chi connectivity index (χ0) is 16.7. The lowest BCUT2D eigenvalue weighted by atomic mass is 10.0. The molecule has 1 aliphatic rings. The van der Waals surface area contributed by atoms with Crippen LogP contribution >= 0.6 is 15.9 Å². The molecule has 24 heavy (non-hydrogen) atoms. The van der Waals surface area contributed by atoms with Crippen molar-refractivity contribution in [3.8, 4) is 5.75 Å². The molecule has 1 heterocycles. The number of rotatable bonds is 2. The highest BCUT2D eigenvalue weighted by atomic mass is 79.9. The molecule has 0 saturated carbocycles. The average molecular weight is 383 g/mol. The summed E-state index contributed by atoms with van der Waals surface area (Å²) in [4.78, 5) is 12.9. The second kappa shape index (κ2) is 5.83. The highest BCUT2D eigenvalue weighted by Crippen LogP contribution is 2.35. The fraction of sp³-hybridized carbons (Fsp3) is 0.105. The van der Waals surface area contributed by atoms with Gasteiger partial charge in [0.05, 0.1) is 12.5 Å². The molecule has 0 bridgehead atoms. The lowest BCUT2D eigenvalue weighted by Crippen LogP contribution is -2.32. The van der Waals surface area contributed by atoms with E-state index in [1.54, 1.807) is 24.3 Å². The van der Waals surface area contributed by atoms with E-state index in [1.165, 1.54) is 0 Å². The molecule has 0 N–H and O–H groups in total. The first-order valence-corrected chi connectivity index (χ1v) is 8.31. The largest absolute Gasteiger partial charge is 0.545 e. The molecule has 3 aromatic rings. The standard InChI is InChI=1S/C19H14BrNO3/c20-14-4-7-16-13(9-14)3-8-18-17(16)10-21(11-24-18)15-5-1-12(2-6-15)19(22)23/h1-9H,10-11H2,(H,22,23)/p-1. The number of carboxylic acids is 1. The first kappa shape index (κ1) is 15.0. The van der Waals surface area contributed by atoms with Crippen molar-refractivity contribution in [2.75, 3.05) is 11.6 Å². The smallest absolute Gasteiger partial charge is 0.161 e. The third kappa shape index (κ3) is 2.61. The number of anilines is 1. The van der Waals surface area contributed by atoms with Gasteiger partial charge in [0.1, 0.15) is 5.75 Å². The topological polar surface area (TPSA) is 52.6 Å². The Bertz CT molecular complexity index is 937. The Balaban J connectivity index is 1.71. The zero-order valence-corrected chi connectivity index (χ0v) is 14.2. The molecular weight excluding hydrogens is 370 g/mol. The fourth-order valence-electron chi connectivity index (χ4n) is 3.00. The first-order chi connectivity index (χ1) is 11.6. The lowest BCUT2D eigenvalue weighted by Gasteiger charge is -2.31. The number of carbonyl (C=O) groups excluding carboxylic acids is 1. The van der Waals surface area contributed by atoms with Crippen LogP contribution in [-0.2, 0) is 6.54 Å². The Morgan fingerprint density at radius 3 is 2.62 bits per heavy atom. The summed E-state index contributed by atoms with van der Waals surface area (Å²) >= 11 is 3.50. The number of halogens is 1. The molecule has 0 aromatic heterocycles. The van der Waals surface area contributed by atoms with E-state index >= 15 is 0 Å². The molecule has 4 rings (SSSR count). The minimum Gasteiger partial charge on any atom is -0.545 e. The normalized spacial score (nSPS) is 13.5. The van der Waals surface area contributed by atoms with Gasteiger partial charge in [0.15, 0.2) is 6.73 Å². The number of ether oxygens (including phenoxy) is 1. The minimum atomic E-state index is -1.17. The molecule has 0 radical (unpaired) electrons. The summed E-state index contributed by atoms with van der Waals surface area (Å²) in [5, 5.41) is 13.2. The average Bonchev–Trinajstić information content (AvgIpc) is 2.61. The number of aromatic carboxylic acids is 1. The van der Waals surface area contributed by atoms with Gasteiger partial charge in [0, 0.05) is 15.7 Å². The summed E-state index contributed by atoms with van der Waals surface area (Å²) in [6.45, 7) is 1.14. The van der Waals surface area contributed by atoms with Crippen LogP contribution in [0.4, 0.5) is 5.69 Å². The molecule has 1 aliphatic heterocycles. The van der Waals surface area contributed by atoms with Gasteiger partial charge >= 0.3 is 0 Å². The number of benzene rings is 3. The number of hydrogen-bond donors (Lipinski definition) is 0. The summed E-state index contributed by atoms with van der Waals surface area (Å²) < 4.78 is 6.94. The minimum absolute atomic E-state index is 0.173. The molecule has 4 nitrogen and oxygen atoms in total. The van der Waals surface area contributed by atoms with Crippen LogP contribution in [0.5, 0.6) is 5.75 Å². The predicted molar refractivity (Wildman–Crippen MR) is 94.1 cm³/mol. The summed E-state index contributed by atoms with van der Waals surface area (Å²) in [7, 11) is 0. The van der Waals surface area contributed by atoms with Gasteiger partial charge in [-0.1, -0.05) is 40.2 Å².